The first-order chi connectivity index (χ1) is 13.3. The Morgan fingerprint density at radius 2 is 2.18 bits per heavy atom. The SMILES string of the molecule is COc1cc(C2CNCCN2S(N)(=O)=O)nc(SCc2cccc(F)c2F)n1. The standard InChI is InChI=1S/C16H19F2N5O3S2/c1-26-14-7-12(13-8-20-5-6-23(13)28(19,24)25)21-16(22-14)27-9-10-3-2-4-11(17)15(10)18/h2-4,7,13,20H,5-6,8-9H2,1H3,(H2,19,24,25). The molecule has 0 radical (unpaired) electrons. The van der Waals surface area contributed by atoms with Crippen LogP contribution in [-0.4, -0.2) is 49.4 Å². The molecule has 1 aliphatic rings. The highest BCUT2D eigenvalue weighted by Crippen LogP contribution is 2.29. The lowest BCUT2D eigenvalue weighted by Gasteiger charge is -2.33. The predicted octanol–water partition coefficient (Wildman–Crippen LogP) is 1.21. The number of nitrogens with one attached hydrogen (secondary N) is 1. The number of hydrogen-bond acceptors (Lipinski definition) is 7. The third-order valence-corrected chi connectivity index (χ3v) is 6.15. The van der Waals surface area contributed by atoms with Gasteiger partial charge in [-0.3, -0.25) is 0 Å². The molecule has 3 N–H and O–H groups in total. The third kappa shape index (κ3) is 4.75. The zero-order valence-corrected chi connectivity index (χ0v) is 16.6. The fourth-order valence-electron chi connectivity index (χ4n) is 2.81. The number of methoxy groups -OCH3 is 1. The van der Waals surface area contributed by atoms with Gasteiger partial charge in [0.1, 0.15) is 0 Å². The first kappa shape index (κ1) is 20.9. The molecular formula is C16H19F2N5O3S2. The van der Waals surface area contributed by atoms with E-state index in [0.717, 1.165) is 22.1 Å². The lowest BCUT2D eigenvalue weighted by Crippen LogP contribution is -2.51. The Morgan fingerprint density at radius 1 is 1.39 bits per heavy atom. The molecule has 1 aromatic carbocycles. The maximum absolute atomic E-state index is 13.9. The summed E-state index contributed by atoms with van der Waals surface area (Å²) in [6, 6.07) is 4.83. The van der Waals surface area contributed by atoms with Crippen LogP contribution in [0, 0.1) is 11.6 Å². The van der Waals surface area contributed by atoms with E-state index in [-0.39, 0.29) is 28.9 Å². The summed E-state index contributed by atoms with van der Waals surface area (Å²) in [6.45, 7) is 0.988. The van der Waals surface area contributed by atoms with E-state index in [4.69, 9.17) is 9.88 Å². The minimum atomic E-state index is -3.93. The number of benzene rings is 1. The Hall–Kier alpha value is -1.86. The van der Waals surface area contributed by atoms with Crippen LogP contribution in [0.2, 0.25) is 0 Å². The van der Waals surface area contributed by atoms with Gasteiger partial charge in [-0.1, -0.05) is 23.9 Å². The predicted molar refractivity (Wildman–Crippen MR) is 99.9 cm³/mol. The molecule has 0 bridgehead atoms. The van der Waals surface area contributed by atoms with Crippen LogP contribution in [0.5, 0.6) is 5.88 Å². The summed E-state index contributed by atoms with van der Waals surface area (Å²) in [7, 11) is -2.51. The number of piperazine rings is 1. The average Bonchev–Trinajstić information content (AvgIpc) is 2.68. The summed E-state index contributed by atoms with van der Waals surface area (Å²) in [5, 5.41) is 8.68. The molecule has 1 fully saturated rings. The molecule has 0 spiro atoms. The van der Waals surface area contributed by atoms with E-state index in [1.54, 1.807) is 0 Å². The molecule has 152 valence electrons. The highest BCUT2D eigenvalue weighted by Gasteiger charge is 2.32. The Kier molecular flexibility index (Phi) is 6.45. The molecule has 1 unspecified atom stereocenters. The second-order valence-electron chi connectivity index (χ2n) is 5.99. The van der Waals surface area contributed by atoms with Crippen molar-refractivity contribution < 1.29 is 21.9 Å². The number of thioether (sulfide) groups is 1. The van der Waals surface area contributed by atoms with Gasteiger partial charge in [0.15, 0.2) is 16.8 Å². The van der Waals surface area contributed by atoms with Gasteiger partial charge in [0.05, 0.1) is 18.8 Å². The molecule has 2 aromatic rings. The van der Waals surface area contributed by atoms with Crippen LogP contribution in [-0.2, 0) is 16.0 Å². The number of nitrogens with two attached hydrogens (primary N) is 1. The van der Waals surface area contributed by atoms with Gasteiger partial charge in [0.2, 0.25) is 5.88 Å². The lowest BCUT2D eigenvalue weighted by molar-refractivity contribution is 0.264. The van der Waals surface area contributed by atoms with E-state index in [2.05, 4.69) is 15.3 Å². The van der Waals surface area contributed by atoms with E-state index in [1.807, 2.05) is 0 Å². The quantitative estimate of drug-likeness (QED) is 0.522. The van der Waals surface area contributed by atoms with Gasteiger partial charge in [0.25, 0.3) is 10.2 Å². The van der Waals surface area contributed by atoms with Gasteiger partial charge in [-0.25, -0.2) is 18.9 Å². The van der Waals surface area contributed by atoms with Crippen LogP contribution in [0.25, 0.3) is 0 Å². The Morgan fingerprint density at radius 3 is 2.89 bits per heavy atom. The zero-order valence-electron chi connectivity index (χ0n) is 14.9. The summed E-state index contributed by atoms with van der Waals surface area (Å²) in [5.74, 6) is -1.53. The van der Waals surface area contributed by atoms with Crippen molar-refractivity contribution in [1.29, 1.82) is 0 Å². The number of rotatable bonds is 6. The molecule has 0 saturated carbocycles. The van der Waals surface area contributed by atoms with Crippen LogP contribution in [0.3, 0.4) is 0 Å². The maximum Gasteiger partial charge on any atom is 0.277 e. The van der Waals surface area contributed by atoms with E-state index in [1.165, 1.54) is 25.3 Å². The average molecular weight is 431 g/mol. The van der Waals surface area contributed by atoms with Crippen LogP contribution >= 0.6 is 11.8 Å². The van der Waals surface area contributed by atoms with Gasteiger partial charge < -0.3 is 10.1 Å². The molecule has 28 heavy (non-hydrogen) atoms. The number of halogens is 2. The molecule has 12 heteroatoms. The molecule has 0 aliphatic carbocycles. The van der Waals surface area contributed by atoms with Gasteiger partial charge in [-0.05, 0) is 6.07 Å². The van der Waals surface area contributed by atoms with Crippen molar-refractivity contribution in [2.24, 2.45) is 5.14 Å². The minimum Gasteiger partial charge on any atom is -0.481 e. The van der Waals surface area contributed by atoms with Gasteiger partial charge in [-0.15, -0.1) is 0 Å². The van der Waals surface area contributed by atoms with Crippen LogP contribution in [0.1, 0.15) is 17.3 Å². The summed E-state index contributed by atoms with van der Waals surface area (Å²) in [5.41, 5.74) is 0.568. The fraction of sp³-hybridized carbons (Fsp3) is 0.375. The smallest absolute Gasteiger partial charge is 0.277 e. The van der Waals surface area contributed by atoms with Gasteiger partial charge in [-0.2, -0.15) is 17.7 Å². The number of aromatic nitrogens is 2. The second-order valence-corrected chi connectivity index (χ2v) is 8.44. The first-order valence-electron chi connectivity index (χ1n) is 8.28. The van der Waals surface area contributed by atoms with E-state index in [9.17, 15) is 17.2 Å². The van der Waals surface area contributed by atoms with Crippen molar-refractivity contribution in [2.75, 3.05) is 26.7 Å². The highest BCUT2D eigenvalue weighted by molar-refractivity contribution is 7.98. The molecule has 8 nitrogen and oxygen atoms in total. The van der Waals surface area contributed by atoms with Crippen molar-refractivity contribution in [3.05, 3.63) is 47.2 Å². The fourth-order valence-corrected chi connectivity index (χ4v) is 4.52. The molecule has 1 aromatic heterocycles. The third-order valence-electron chi connectivity index (χ3n) is 4.16. The Bertz CT molecular complexity index is 961. The van der Waals surface area contributed by atoms with Crippen molar-refractivity contribution in [1.82, 2.24) is 19.6 Å². The lowest BCUT2D eigenvalue weighted by atomic mass is 10.1. The second kappa shape index (κ2) is 8.66. The topological polar surface area (TPSA) is 110 Å². The van der Waals surface area contributed by atoms with Crippen molar-refractivity contribution in [3.8, 4) is 5.88 Å². The number of ether oxygens (including phenoxy) is 1. The van der Waals surface area contributed by atoms with Crippen molar-refractivity contribution in [3.63, 3.8) is 0 Å². The zero-order chi connectivity index (χ0) is 20.3. The van der Waals surface area contributed by atoms with Crippen molar-refractivity contribution in [2.45, 2.75) is 17.0 Å². The molecule has 3 rings (SSSR count). The molecule has 2 heterocycles. The van der Waals surface area contributed by atoms with E-state index >= 15 is 0 Å². The van der Waals surface area contributed by atoms with E-state index in [0.29, 0.717) is 18.8 Å². The molecule has 1 saturated heterocycles. The number of nitrogens with zero attached hydrogens (tertiary/aromatic N) is 3. The molecule has 1 aliphatic heterocycles. The van der Waals surface area contributed by atoms with Crippen molar-refractivity contribution >= 4 is 22.0 Å². The molecule has 0 amide bonds. The summed E-state index contributed by atoms with van der Waals surface area (Å²) in [6.07, 6.45) is 0. The Balaban J connectivity index is 1.88. The largest absolute Gasteiger partial charge is 0.481 e. The summed E-state index contributed by atoms with van der Waals surface area (Å²) in [4.78, 5) is 8.58. The van der Waals surface area contributed by atoms with Gasteiger partial charge in [0, 0.05) is 37.0 Å². The monoisotopic (exact) mass is 431 g/mol. The van der Waals surface area contributed by atoms with Crippen LogP contribution in [0.4, 0.5) is 8.78 Å². The first-order valence-corrected chi connectivity index (χ1v) is 10.8. The van der Waals surface area contributed by atoms with E-state index < -0.39 is 27.9 Å². The normalized spacial score (nSPS) is 18.2. The summed E-state index contributed by atoms with van der Waals surface area (Å²) >= 11 is 1.08. The van der Waals surface area contributed by atoms with Gasteiger partial charge >= 0.3 is 0 Å². The summed E-state index contributed by atoms with van der Waals surface area (Å²) < 4.78 is 57.4. The maximum atomic E-state index is 13.9. The van der Waals surface area contributed by atoms with Crippen LogP contribution in [0.15, 0.2) is 29.4 Å². The van der Waals surface area contributed by atoms with Crippen LogP contribution < -0.4 is 15.2 Å². The number of hydrogen-bond donors (Lipinski definition) is 2. The highest BCUT2D eigenvalue weighted by atomic mass is 32.2. The Labute approximate surface area is 165 Å². The minimum absolute atomic E-state index is 0.0953. The molecule has 1 atom stereocenters. The molecular weight excluding hydrogens is 412 g/mol.